The number of amides is 7. The van der Waals surface area contributed by atoms with E-state index in [2.05, 4.69) is 15.6 Å². The quantitative estimate of drug-likeness (QED) is 0.0475. The number of allylic oxidation sites excluding steroid dienone is 6. The number of aliphatic imine (C=N–C) groups is 3. The Hall–Kier alpha value is -7.00. The summed E-state index contributed by atoms with van der Waals surface area (Å²) in [5, 5.41) is 34.5. The number of aromatic nitrogens is 2. The molecule has 2 fully saturated rings. The van der Waals surface area contributed by atoms with E-state index in [9.17, 15) is 53.2 Å². The molecule has 7 amide bonds. The number of aryl methyl sites for hydroxylation is 2. The first kappa shape index (κ1) is 75.0. The number of nitrogens with two attached hydrogens (primary N) is 6. The molecule has 28 nitrogen and oxygen atoms in total. The van der Waals surface area contributed by atoms with Crippen LogP contribution in [0.5, 0.6) is 0 Å². The van der Waals surface area contributed by atoms with Gasteiger partial charge in [-0.25, -0.2) is 9.55 Å². The van der Waals surface area contributed by atoms with Crippen molar-refractivity contribution in [3.05, 3.63) is 70.5 Å². The van der Waals surface area contributed by atoms with Gasteiger partial charge in [0.2, 0.25) is 41.4 Å². The topological polar surface area (TPSA) is 484 Å². The molecule has 0 spiro atoms. The van der Waals surface area contributed by atoms with Gasteiger partial charge in [-0.1, -0.05) is 34.6 Å². The number of aliphatic hydroxyl groups excluding tert-OH is 2. The van der Waals surface area contributed by atoms with Crippen LogP contribution in [0.15, 0.2) is 67.8 Å². The van der Waals surface area contributed by atoms with Gasteiger partial charge in [0.1, 0.15) is 18.3 Å². The zero-order valence-electron chi connectivity index (χ0n) is 54.5. The molecule has 2 unspecified atom stereocenters. The molecule has 1 aromatic carbocycles. The summed E-state index contributed by atoms with van der Waals surface area (Å²) in [6, 6.07) is 2.70. The summed E-state index contributed by atoms with van der Waals surface area (Å²) in [5.41, 5.74) is 37.4. The molecular weight excluding hydrogens is 1270 g/mol. The number of nitrogens with one attached hydrogen (secondary N) is 2. The van der Waals surface area contributed by atoms with Crippen LogP contribution in [0.3, 0.4) is 0 Å². The minimum absolute atomic E-state index is 0. The van der Waals surface area contributed by atoms with Gasteiger partial charge >= 0.3 is 24.6 Å². The number of fused-ring (bicyclic) bond motifs is 7. The summed E-state index contributed by atoms with van der Waals surface area (Å²) in [4.78, 5) is 126. The molecular formula is C63H90CoN14O14P+2. The first-order valence-electron chi connectivity index (χ1n) is 30.8. The molecule has 6 aliphatic rings. The fourth-order valence-corrected chi connectivity index (χ4v) is 16.6. The number of carbonyl (C=O) groups is 7. The Morgan fingerprint density at radius 1 is 0.817 bits per heavy atom. The zero-order chi connectivity index (χ0) is 68.7. The summed E-state index contributed by atoms with van der Waals surface area (Å²) in [5.74, 6) is -7.18. The maximum Gasteiger partial charge on any atom is 3.00 e. The Bertz CT molecular complexity index is 3600. The van der Waals surface area contributed by atoms with Crippen LogP contribution in [-0.4, -0.2) is 132 Å². The van der Waals surface area contributed by atoms with Gasteiger partial charge in [0.15, 0.2) is 6.23 Å². The summed E-state index contributed by atoms with van der Waals surface area (Å²) >= 11 is 0. The van der Waals surface area contributed by atoms with Crippen molar-refractivity contribution in [1.29, 1.82) is 5.26 Å². The number of hydrogen-bond donors (Lipinski definition) is 11. The molecule has 93 heavy (non-hydrogen) atoms. The number of nitrogens with zero attached hydrogens (tertiary/aromatic N) is 6. The number of phosphoric ester groups is 1. The van der Waals surface area contributed by atoms with Gasteiger partial charge in [-0.15, -0.1) is 0 Å². The van der Waals surface area contributed by atoms with Crippen molar-refractivity contribution < 1.29 is 83.8 Å². The first-order valence-corrected chi connectivity index (χ1v) is 32.3. The van der Waals surface area contributed by atoms with Gasteiger partial charge in [0.05, 0.1) is 41.7 Å². The number of primary amides is 6. The molecule has 6 aliphatic heterocycles. The largest absolute Gasteiger partial charge is 3.00 e. The molecule has 15 atom stereocenters. The molecule has 17 N–H and O–H groups in total. The fraction of sp³-hybridized carbons (Fsp3) is 0.619. The van der Waals surface area contributed by atoms with Crippen molar-refractivity contribution >= 4 is 77.3 Å². The standard InChI is InChI=1S/C62H90N13O14P.CN.Co/c1-29-20-39-40(21-30(29)2)75(28-70-39)57-52(84)53(41(27-76)87-57)89-90(85,86)88-31(3)26-69-49(83)18-19-59(8)37(22-46(66)80)56-62(11)61(10,25-48(68)82)36(14-17-45(65)79)51(74-62)33(5)55-60(9,24-47(67)81)34(12-15-43(63)77)38(71-55)23-42-58(6,7)35(13-16-44(64)78)50(72-42)32(4)54(59)73-56;1-2;/h20-21,23,28,31,34-37,41,52-53,56-57,71,76,84H,12-19,22,24-27H2,1-11H3,(H2,63,77)(H2,64,78)(H2,65,79)(H2,66,80)(H2,67,81)(H2,68,82)(H,69,83)(H,85,86);;/q;-1;+3/t31-,34+,35+,36+,37-,41+,52+,53+,56?,57-,59+,60-,61-,62-;;/m0../s1/i;;1+1. The van der Waals surface area contributed by atoms with Gasteiger partial charge in [0, 0.05) is 131 Å². The molecule has 508 valence electrons. The predicted octanol–water partition coefficient (Wildman–Crippen LogP) is 3.26. The third-order valence-electron chi connectivity index (χ3n) is 20.6. The van der Waals surface area contributed by atoms with Crippen LogP contribution in [0.2, 0.25) is 0 Å². The average molecular weight is 1360 g/mol. The molecule has 1 aromatic heterocycles. The third-order valence-corrected chi connectivity index (χ3v) is 21.7. The smallest absolute Gasteiger partial charge is 0.512 e. The molecule has 8 bridgehead atoms. The van der Waals surface area contributed by atoms with Crippen molar-refractivity contribution in [3.63, 3.8) is 0 Å². The van der Waals surface area contributed by atoms with E-state index >= 15 is 0 Å². The van der Waals surface area contributed by atoms with Crippen LogP contribution < -0.4 is 45.0 Å². The summed E-state index contributed by atoms with van der Waals surface area (Å²) in [6.45, 7) is 24.0. The number of aliphatic hydroxyl groups is 2. The molecule has 2 aromatic rings. The number of imidazole rings is 1. The minimum Gasteiger partial charge on any atom is -0.512 e. The van der Waals surface area contributed by atoms with E-state index in [1.165, 1.54) is 13.3 Å². The number of benzene rings is 1. The molecule has 8 rings (SSSR count). The number of carbonyl (C=O) groups excluding carboxylic acids is 7. The number of rotatable bonds is 26. The van der Waals surface area contributed by atoms with Crippen LogP contribution in [0.25, 0.3) is 11.0 Å². The zero-order valence-corrected chi connectivity index (χ0v) is 56.5. The molecule has 0 saturated carbocycles. The van der Waals surface area contributed by atoms with Gasteiger partial charge < -0.3 is 81.3 Å². The Morgan fingerprint density at radius 3 is 1.97 bits per heavy atom. The predicted molar refractivity (Wildman–Crippen MR) is 339 cm³/mol. The van der Waals surface area contributed by atoms with Crippen molar-refractivity contribution in [1.82, 2.24) is 20.2 Å². The van der Waals surface area contributed by atoms with Gasteiger partial charge in [0.25, 0.3) is 0 Å². The Balaban J connectivity index is 0.00000453. The minimum atomic E-state index is -5.07. The Morgan fingerprint density at radius 2 is 1.40 bits per heavy atom. The van der Waals surface area contributed by atoms with Crippen LogP contribution in [0, 0.1) is 71.0 Å². The molecule has 0 radical (unpaired) electrons. The third kappa shape index (κ3) is 14.6. The van der Waals surface area contributed by atoms with Crippen LogP contribution in [-0.2, 0) is 68.7 Å². The van der Waals surface area contributed by atoms with E-state index in [1.54, 1.807) is 4.57 Å². The maximum absolute atomic E-state index is 14.4. The summed E-state index contributed by atoms with van der Waals surface area (Å²) in [6.07, 6.45) is -4.26. The van der Waals surface area contributed by atoms with E-state index < -0.39 is 143 Å². The van der Waals surface area contributed by atoms with Crippen molar-refractivity contribution in [2.45, 2.75) is 189 Å². The molecule has 0 aliphatic carbocycles. The van der Waals surface area contributed by atoms with E-state index in [1.807, 2.05) is 87.4 Å². The second-order valence-electron chi connectivity index (χ2n) is 27.1. The van der Waals surface area contributed by atoms with Crippen LogP contribution in [0.1, 0.15) is 150 Å². The van der Waals surface area contributed by atoms with Crippen LogP contribution >= 0.6 is 7.82 Å². The SMILES string of the molecule is CC1=C2N=C(C=C3NC(=C(C)C4=N[C@@](C)(C5N=C1[C@](C)(CCC(=O)NC[C@H](C)OP(=O)(O)O[C@H]1[C@@H](O)[C@@H](n6cnc7cc(C)c(C)cc76)O[C@@H]1CO)[C@H]5CC(N)=O)[C@@](C)(CC(N)=O)[C@@H]4CCC(N)=O)[C@@](C)(CC(N)=O)[C@@H]3CCC(N)=O)C(C)(C)[C@@H]2CCC(N)=O.[60Co+3].[C-]#N. The van der Waals surface area contributed by atoms with Crippen LogP contribution in [0.4, 0.5) is 0 Å². The second kappa shape index (κ2) is 28.5. The average Bonchev–Trinajstić information content (AvgIpc) is 1.53. The second-order valence-corrected chi connectivity index (χ2v) is 28.4. The first-order chi connectivity index (χ1) is 42.8. The molecule has 30 heteroatoms. The Kier molecular flexibility index (Phi) is 23.0. The number of phosphoric acid groups is 1. The normalized spacial score (nSPS) is 31.0. The van der Waals surface area contributed by atoms with E-state index in [4.69, 9.17) is 75.0 Å². The monoisotopic (exact) mass is 1360 g/mol. The Labute approximate surface area is 551 Å². The number of ether oxygens (including phenoxy) is 1. The van der Waals surface area contributed by atoms with E-state index in [0.717, 1.165) is 11.1 Å². The molecule has 2 saturated heterocycles. The summed E-state index contributed by atoms with van der Waals surface area (Å²) < 4.78 is 32.3. The van der Waals surface area contributed by atoms with Gasteiger partial charge in [-0.05, 0) is 108 Å². The van der Waals surface area contributed by atoms with E-state index in [-0.39, 0.29) is 94.0 Å². The molecule has 7 heterocycles. The van der Waals surface area contributed by atoms with Gasteiger partial charge in [-0.3, -0.25) is 57.6 Å². The van der Waals surface area contributed by atoms with Crippen molar-refractivity contribution in [2.24, 2.45) is 94.7 Å². The fourth-order valence-electron chi connectivity index (χ4n) is 15.4. The maximum atomic E-state index is 14.4. The van der Waals surface area contributed by atoms with E-state index in [0.29, 0.717) is 56.4 Å². The van der Waals surface area contributed by atoms with Crippen molar-refractivity contribution in [2.75, 3.05) is 13.2 Å². The number of hydrogen-bond acceptors (Lipinski definition) is 19. The van der Waals surface area contributed by atoms with Crippen molar-refractivity contribution in [3.8, 4) is 0 Å². The summed E-state index contributed by atoms with van der Waals surface area (Å²) in [7, 11) is -5.07. The van der Waals surface area contributed by atoms with Gasteiger partial charge in [-0.2, -0.15) is 0 Å².